The summed E-state index contributed by atoms with van der Waals surface area (Å²) in [5, 5.41) is 7.62. The quantitative estimate of drug-likeness (QED) is 0.643. The van der Waals surface area contributed by atoms with Crippen LogP contribution in [0.3, 0.4) is 0 Å². The molecule has 22 heavy (non-hydrogen) atoms. The van der Waals surface area contributed by atoms with Crippen LogP contribution < -0.4 is 0 Å². The predicted molar refractivity (Wildman–Crippen MR) is 82.3 cm³/mol. The molecule has 5 heteroatoms. The minimum absolute atomic E-state index is 0.299. The van der Waals surface area contributed by atoms with Crippen molar-refractivity contribution in [3.63, 3.8) is 0 Å². The molecule has 0 N–H and O–H groups in total. The van der Waals surface area contributed by atoms with E-state index in [9.17, 15) is 8.78 Å². The lowest BCUT2D eigenvalue weighted by Crippen LogP contribution is -2.14. The molecule has 0 spiro atoms. The van der Waals surface area contributed by atoms with Gasteiger partial charge in [0.25, 0.3) is 0 Å². The number of nitrogens with zero attached hydrogens (tertiary/aromatic N) is 3. The molecule has 0 saturated heterocycles. The molecule has 0 amide bonds. The van der Waals surface area contributed by atoms with Crippen LogP contribution in [0.4, 0.5) is 8.78 Å². The maximum atomic E-state index is 13.9. The van der Waals surface area contributed by atoms with Crippen molar-refractivity contribution >= 4 is 0 Å². The second-order valence-corrected chi connectivity index (χ2v) is 5.81. The van der Waals surface area contributed by atoms with Gasteiger partial charge in [-0.05, 0) is 30.4 Å². The SMILES string of the molecule is CCCCCCC(Cc1ccc(F)cc1F)Cn1cnnc1. The number of unbranched alkanes of at least 4 members (excludes halogenated alkanes) is 3. The van der Waals surface area contributed by atoms with Gasteiger partial charge in [-0.25, -0.2) is 8.78 Å². The van der Waals surface area contributed by atoms with Crippen LogP contribution in [0.5, 0.6) is 0 Å². The van der Waals surface area contributed by atoms with Gasteiger partial charge in [-0.1, -0.05) is 38.7 Å². The minimum Gasteiger partial charge on any atom is -0.320 e. The van der Waals surface area contributed by atoms with Crippen molar-refractivity contribution in [1.29, 1.82) is 0 Å². The molecule has 1 atom stereocenters. The van der Waals surface area contributed by atoms with Gasteiger partial charge in [-0.15, -0.1) is 10.2 Å². The van der Waals surface area contributed by atoms with Crippen LogP contribution in [0.25, 0.3) is 0 Å². The fraction of sp³-hybridized carbons (Fsp3) is 0.529. The number of rotatable bonds is 9. The summed E-state index contributed by atoms with van der Waals surface area (Å²) in [4.78, 5) is 0. The lowest BCUT2D eigenvalue weighted by molar-refractivity contribution is 0.387. The van der Waals surface area contributed by atoms with Crippen molar-refractivity contribution in [1.82, 2.24) is 14.8 Å². The summed E-state index contributed by atoms with van der Waals surface area (Å²) in [6.07, 6.45) is 9.74. The topological polar surface area (TPSA) is 30.7 Å². The Balaban J connectivity index is 1.99. The Morgan fingerprint density at radius 3 is 2.55 bits per heavy atom. The van der Waals surface area contributed by atoms with Crippen LogP contribution in [-0.2, 0) is 13.0 Å². The van der Waals surface area contributed by atoms with E-state index in [1.54, 1.807) is 18.7 Å². The van der Waals surface area contributed by atoms with Crippen molar-refractivity contribution < 1.29 is 8.78 Å². The normalized spacial score (nSPS) is 12.5. The molecule has 0 aliphatic heterocycles. The second kappa shape index (κ2) is 8.61. The molecular formula is C17H23F2N3. The number of aromatic nitrogens is 3. The molecule has 3 nitrogen and oxygen atoms in total. The summed E-state index contributed by atoms with van der Waals surface area (Å²) in [5.74, 6) is -0.685. The Kier molecular flexibility index (Phi) is 6.49. The molecule has 0 fully saturated rings. The molecule has 1 heterocycles. The van der Waals surface area contributed by atoms with Crippen molar-refractivity contribution in [2.45, 2.75) is 52.0 Å². The van der Waals surface area contributed by atoms with Crippen LogP contribution in [0.15, 0.2) is 30.9 Å². The monoisotopic (exact) mass is 307 g/mol. The van der Waals surface area contributed by atoms with Gasteiger partial charge in [0.05, 0.1) is 0 Å². The Morgan fingerprint density at radius 2 is 1.86 bits per heavy atom. The van der Waals surface area contributed by atoms with E-state index < -0.39 is 11.6 Å². The molecule has 1 aromatic heterocycles. The van der Waals surface area contributed by atoms with Gasteiger partial charge in [-0.3, -0.25) is 0 Å². The highest BCUT2D eigenvalue weighted by Gasteiger charge is 2.14. The summed E-state index contributed by atoms with van der Waals surface area (Å²) in [6.45, 7) is 2.94. The Bertz CT molecular complexity index is 555. The Hall–Kier alpha value is -1.78. The number of halogens is 2. The summed E-state index contributed by atoms with van der Waals surface area (Å²) in [5.41, 5.74) is 0.579. The Morgan fingerprint density at radius 1 is 1.09 bits per heavy atom. The number of hydrogen-bond donors (Lipinski definition) is 0. The van der Waals surface area contributed by atoms with E-state index in [2.05, 4.69) is 17.1 Å². The standard InChI is InChI=1S/C17H23F2N3/c1-2-3-4-5-6-14(11-22-12-20-21-13-22)9-15-7-8-16(18)10-17(15)19/h7-8,10,12-14H,2-6,9,11H2,1H3. The van der Waals surface area contributed by atoms with Crippen LogP contribution in [0.2, 0.25) is 0 Å². The third-order valence-electron chi connectivity index (χ3n) is 3.93. The van der Waals surface area contributed by atoms with E-state index in [4.69, 9.17) is 0 Å². The van der Waals surface area contributed by atoms with Crippen LogP contribution in [-0.4, -0.2) is 14.8 Å². The number of hydrogen-bond acceptors (Lipinski definition) is 2. The summed E-state index contributed by atoms with van der Waals surface area (Å²) < 4.78 is 28.8. The molecule has 1 unspecified atom stereocenters. The minimum atomic E-state index is -0.528. The van der Waals surface area contributed by atoms with Crippen LogP contribution in [0.1, 0.15) is 44.6 Å². The highest BCUT2D eigenvalue weighted by molar-refractivity contribution is 5.19. The maximum Gasteiger partial charge on any atom is 0.129 e. The van der Waals surface area contributed by atoms with Gasteiger partial charge in [0, 0.05) is 12.6 Å². The average molecular weight is 307 g/mol. The lowest BCUT2D eigenvalue weighted by atomic mass is 9.93. The van der Waals surface area contributed by atoms with E-state index in [0.29, 0.717) is 17.9 Å². The van der Waals surface area contributed by atoms with Crippen molar-refractivity contribution in [2.24, 2.45) is 5.92 Å². The van der Waals surface area contributed by atoms with E-state index >= 15 is 0 Å². The van der Waals surface area contributed by atoms with Gasteiger partial charge < -0.3 is 4.57 Å². The molecule has 2 aromatic rings. The lowest BCUT2D eigenvalue weighted by Gasteiger charge is -2.18. The molecule has 0 aliphatic carbocycles. The number of benzene rings is 1. The highest BCUT2D eigenvalue weighted by atomic mass is 19.1. The second-order valence-electron chi connectivity index (χ2n) is 5.81. The van der Waals surface area contributed by atoms with Gasteiger partial charge in [-0.2, -0.15) is 0 Å². The maximum absolute atomic E-state index is 13.9. The predicted octanol–water partition coefficient (Wildman–Crippen LogP) is 4.39. The summed E-state index contributed by atoms with van der Waals surface area (Å²) >= 11 is 0. The molecule has 120 valence electrons. The zero-order valence-electron chi connectivity index (χ0n) is 13.0. The first-order valence-corrected chi connectivity index (χ1v) is 7.95. The average Bonchev–Trinajstić information content (AvgIpc) is 2.99. The highest BCUT2D eigenvalue weighted by Crippen LogP contribution is 2.21. The molecule has 0 saturated carbocycles. The molecule has 0 radical (unpaired) electrons. The first kappa shape index (κ1) is 16.6. The first-order chi connectivity index (χ1) is 10.7. The van der Waals surface area contributed by atoms with E-state index in [1.165, 1.54) is 25.3 Å². The molecule has 1 aromatic carbocycles. The zero-order valence-corrected chi connectivity index (χ0v) is 13.0. The van der Waals surface area contributed by atoms with Gasteiger partial charge in [0.2, 0.25) is 0 Å². The molecule has 0 bridgehead atoms. The largest absolute Gasteiger partial charge is 0.320 e. The fourth-order valence-corrected chi connectivity index (χ4v) is 2.73. The first-order valence-electron chi connectivity index (χ1n) is 7.95. The third kappa shape index (κ3) is 5.20. The fourth-order valence-electron chi connectivity index (χ4n) is 2.73. The van der Waals surface area contributed by atoms with Crippen molar-refractivity contribution in [3.05, 3.63) is 48.1 Å². The smallest absolute Gasteiger partial charge is 0.129 e. The van der Waals surface area contributed by atoms with Crippen molar-refractivity contribution in [3.8, 4) is 0 Å². The summed E-state index contributed by atoms with van der Waals surface area (Å²) in [6, 6.07) is 3.84. The van der Waals surface area contributed by atoms with Gasteiger partial charge in [0.15, 0.2) is 0 Å². The van der Waals surface area contributed by atoms with Gasteiger partial charge >= 0.3 is 0 Å². The molecular weight excluding hydrogens is 284 g/mol. The van der Waals surface area contributed by atoms with E-state index in [1.807, 2.05) is 4.57 Å². The third-order valence-corrected chi connectivity index (χ3v) is 3.93. The molecule has 2 rings (SSSR count). The van der Waals surface area contributed by atoms with Crippen molar-refractivity contribution in [2.75, 3.05) is 0 Å². The molecule has 0 aliphatic rings. The zero-order chi connectivity index (χ0) is 15.8. The summed E-state index contributed by atoms with van der Waals surface area (Å²) in [7, 11) is 0. The van der Waals surface area contributed by atoms with Crippen LogP contribution >= 0.6 is 0 Å². The van der Waals surface area contributed by atoms with E-state index in [0.717, 1.165) is 25.5 Å². The van der Waals surface area contributed by atoms with Crippen LogP contribution in [0, 0.1) is 17.6 Å². The Labute approximate surface area is 130 Å². The van der Waals surface area contributed by atoms with E-state index in [-0.39, 0.29) is 0 Å². The van der Waals surface area contributed by atoms with Gasteiger partial charge in [0.1, 0.15) is 24.3 Å².